The van der Waals surface area contributed by atoms with Gasteiger partial charge in [0.05, 0.1) is 6.42 Å². The van der Waals surface area contributed by atoms with Crippen LogP contribution in [0.4, 0.5) is 0 Å². The van der Waals surface area contributed by atoms with Crippen molar-refractivity contribution in [2.75, 3.05) is 6.61 Å². The Labute approximate surface area is 137 Å². The highest BCUT2D eigenvalue weighted by molar-refractivity contribution is 5.88. The van der Waals surface area contributed by atoms with Gasteiger partial charge in [-0.1, -0.05) is 18.6 Å². The molecule has 0 amide bonds. The quantitative estimate of drug-likeness (QED) is 0.376. The first kappa shape index (κ1) is 21.3. The number of allylic oxidation sites excluding steroid dienone is 1. The zero-order valence-electron chi connectivity index (χ0n) is 14.7. The largest absolute Gasteiger partial charge is 0.415 e. The molecule has 0 bridgehead atoms. The second-order valence-corrected chi connectivity index (χ2v) is 5.93. The van der Waals surface area contributed by atoms with Gasteiger partial charge in [-0.3, -0.25) is 14.4 Å². The molecule has 0 aromatic carbocycles. The summed E-state index contributed by atoms with van der Waals surface area (Å²) in [7, 11) is 0. The molecule has 6 heteroatoms. The van der Waals surface area contributed by atoms with Crippen LogP contribution < -0.4 is 0 Å². The second kappa shape index (κ2) is 10.2. The highest BCUT2D eigenvalue weighted by Gasteiger charge is 2.41. The Morgan fingerprint density at radius 3 is 2.00 bits per heavy atom. The van der Waals surface area contributed by atoms with Gasteiger partial charge in [-0.25, -0.2) is 0 Å². The van der Waals surface area contributed by atoms with Crippen LogP contribution in [-0.2, 0) is 23.9 Å². The number of aliphatic hydroxyl groups excluding tert-OH is 1. The van der Waals surface area contributed by atoms with Crippen LogP contribution in [0.2, 0.25) is 0 Å². The Morgan fingerprint density at radius 1 is 1.09 bits per heavy atom. The lowest BCUT2D eigenvalue weighted by Crippen LogP contribution is -2.45. The van der Waals surface area contributed by atoms with Crippen LogP contribution in [0.25, 0.3) is 0 Å². The fourth-order valence-corrected chi connectivity index (χ4v) is 2.09. The summed E-state index contributed by atoms with van der Waals surface area (Å²) in [6.45, 7) is 7.58. The summed E-state index contributed by atoms with van der Waals surface area (Å²) < 4.78 is 10.0. The maximum Gasteiger partial charge on any atom is 0.319 e. The number of ketones is 1. The molecule has 0 spiro atoms. The topological polar surface area (TPSA) is 89.9 Å². The van der Waals surface area contributed by atoms with Gasteiger partial charge in [-0.15, -0.1) is 0 Å². The van der Waals surface area contributed by atoms with E-state index in [0.29, 0.717) is 0 Å². The third-order valence-corrected chi connectivity index (χ3v) is 3.45. The van der Waals surface area contributed by atoms with Crippen molar-refractivity contribution in [1.29, 1.82) is 0 Å². The molecule has 0 rings (SSSR count). The molecular weight excluding hydrogens is 300 g/mol. The average Bonchev–Trinajstić information content (AvgIpc) is 2.43. The average molecular weight is 328 g/mol. The minimum Gasteiger partial charge on any atom is -0.415 e. The van der Waals surface area contributed by atoms with E-state index in [4.69, 9.17) is 14.6 Å². The van der Waals surface area contributed by atoms with Gasteiger partial charge in [-0.2, -0.15) is 0 Å². The number of aliphatic hydroxyl groups is 1. The smallest absolute Gasteiger partial charge is 0.319 e. The Kier molecular flexibility index (Phi) is 9.41. The summed E-state index contributed by atoms with van der Waals surface area (Å²) in [4.78, 5) is 34.4. The number of carbonyl (C=O) groups excluding carboxylic acids is 3. The minimum atomic E-state index is -1.89. The first-order valence-corrected chi connectivity index (χ1v) is 7.79. The van der Waals surface area contributed by atoms with Crippen molar-refractivity contribution in [2.45, 2.75) is 66.1 Å². The molecule has 0 unspecified atom stereocenters. The molecule has 0 radical (unpaired) electrons. The van der Waals surface area contributed by atoms with E-state index in [-0.39, 0.29) is 18.9 Å². The zero-order chi connectivity index (χ0) is 18.0. The first-order valence-electron chi connectivity index (χ1n) is 7.79. The summed E-state index contributed by atoms with van der Waals surface area (Å²) in [5, 5.41) is 8.99. The number of ether oxygens (including phenoxy) is 2. The summed E-state index contributed by atoms with van der Waals surface area (Å²) >= 11 is 0. The number of hydrogen-bond donors (Lipinski definition) is 1. The Hall–Kier alpha value is -1.69. The molecule has 0 aliphatic heterocycles. The van der Waals surface area contributed by atoms with Gasteiger partial charge < -0.3 is 14.6 Å². The minimum absolute atomic E-state index is 0.0110. The number of carbonyl (C=O) groups is 3. The van der Waals surface area contributed by atoms with Crippen molar-refractivity contribution in [2.24, 2.45) is 5.92 Å². The van der Waals surface area contributed by atoms with Crippen LogP contribution in [-0.4, -0.2) is 35.2 Å². The van der Waals surface area contributed by atoms with Gasteiger partial charge in [-0.05, 0) is 32.1 Å². The van der Waals surface area contributed by atoms with E-state index in [0.717, 1.165) is 38.7 Å². The van der Waals surface area contributed by atoms with Crippen LogP contribution in [0.3, 0.4) is 0 Å². The molecule has 23 heavy (non-hydrogen) atoms. The molecule has 6 nitrogen and oxygen atoms in total. The molecule has 0 saturated heterocycles. The highest BCUT2D eigenvalue weighted by Crippen LogP contribution is 2.23. The molecule has 132 valence electrons. The van der Waals surface area contributed by atoms with Crippen LogP contribution >= 0.6 is 0 Å². The fraction of sp³-hybridized carbons (Fsp3) is 0.706. The molecular formula is C17H28O6. The molecule has 1 N–H and O–H groups in total. The van der Waals surface area contributed by atoms with Gasteiger partial charge in [0, 0.05) is 27.4 Å². The molecule has 0 saturated carbocycles. The number of Topliss-reactive ketones (excluding diaryl/α,β-unsaturated/α-hetero) is 1. The van der Waals surface area contributed by atoms with Gasteiger partial charge in [0.2, 0.25) is 5.78 Å². The van der Waals surface area contributed by atoms with E-state index in [9.17, 15) is 14.4 Å². The maximum atomic E-state index is 11.9. The van der Waals surface area contributed by atoms with Crippen molar-refractivity contribution in [3.05, 3.63) is 11.6 Å². The number of esters is 2. The highest BCUT2D eigenvalue weighted by atomic mass is 16.7. The molecule has 0 fully saturated rings. The van der Waals surface area contributed by atoms with Crippen LogP contribution in [0.5, 0.6) is 0 Å². The lowest BCUT2D eigenvalue weighted by molar-refractivity contribution is -0.221. The van der Waals surface area contributed by atoms with E-state index < -0.39 is 23.5 Å². The second-order valence-electron chi connectivity index (χ2n) is 5.93. The van der Waals surface area contributed by atoms with Crippen LogP contribution in [0.1, 0.15) is 60.3 Å². The monoisotopic (exact) mass is 328 g/mol. The van der Waals surface area contributed by atoms with E-state index in [1.165, 1.54) is 6.92 Å². The Balaban J connectivity index is 4.93. The lowest BCUT2D eigenvalue weighted by atomic mass is 10.00. The standard InChI is InChI=1S/C17H28O6/c1-12(7-6-8-13(2)11-18)9-10-17(14(3)19,22-15(4)20)23-16(5)21/h9,13,18H,6-8,10-11H2,1-5H3/b12-9-/t13-/m0/s1. The maximum absolute atomic E-state index is 11.9. The van der Waals surface area contributed by atoms with Gasteiger partial charge in [0.15, 0.2) is 0 Å². The van der Waals surface area contributed by atoms with Crippen LogP contribution in [0.15, 0.2) is 11.6 Å². The van der Waals surface area contributed by atoms with Gasteiger partial charge >= 0.3 is 17.7 Å². The van der Waals surface area contributed by atoms with Crippen molar-refractivity contribution in [3.63, 3.8) is 0 Å². The predicted molar refractivity (Wildman–Crippen MR) is 85.4 cm³/mol. The Morgan fingerprint density at radius 2 is 1.61 bits per heavy atom. The van der Waals surface area contributed by atoms with Crippen molar-refractivity contribution in [1.82, 2.24) is 0 Å². The lowest BCUT2D eigenvalue weighted by Gasteiger charge is -2.28. The summed E-state index contributed by atoms with van der Waals surface area (Å²) in [6, 6.07) is 0. The van der Waals surface area contributed by atoms with Crippen molar-refractivity contribution in [3.8, 4) is 0 Å². The molecule has 0 aliphatic carbocycles. The summed E-state index contributed by atoms with van der Waals surface area (Å²) in [5.41, 5.74) is 1.00. The summed E-state index contributed by atoms with van der Waals surface area (Å²) in [6.07, 6.45) is 4.32. The SMILES string of the molecule is CC(=O)OC(C/C=C(/C)CCC[C@H](C)CO)(OC(C)=O)C(C)=O. The van der Waals surface area contributed by atoms with Crippen molar-refractivity contribution >= 4 is 17.7 Å². The zero-order valence-corrected chi connectivity index (χ0v) is 14.7. The summed E-state index contributed by atoms with van der Waals surface area (Å²) in [5.74, 6) is -3.56. The molecule has 0 aromatic rings. The first-order chi connectivity index (χ1) is 10.6. The van der Waals surface area contributed by atoms with E-state index in [1.54, 1.807) is 6.08 Å². The number of hydrogen-bond acceptors (Lipinski definition) is 6. The third kappa shape index (κ3) is 8.50. The van der Waals surface area contributed by atoms with Gasteiger partial charge in [0.25, 0.3) is 0 Å². The number of rotatable bonds is 10. The normalized spacial score (nSPS) is 13.4. The Bertz CT molecular complexity index is 436. The molecule has 1 atom stereocenters. The van der Waals surface area contributed by atoms with E-state index in [1.807, 2.05) is 13.8 Å². The molecule has 0 aliphatic rings. The van der Waals surface area contributed by atoms with Gasteiger partial charge in [0.1, 0.15) is 0 Å². The molecule has 0 aromatic heterocycles. The molecule has 0 heterocycles. The third-order valence-electron chi connectivity index (χ3n) is 3.45. The van der Waals surface area contributed by atoms with E-state index >= 15 is 0 Å². The van der Waals surface area contributed by atoms with E-state index in [2.05, 4.69) is 0 Å². The fourth-order valence-electron chi connectivity index (χ4n) is 2.09. The van der Waals surface area contributed by atoms with Crippen LogP contribution in [0, 0.1) is 5.92 Å². The predicted octanol–water partition coefficient (Wildman–Crippen LogP) is 2.53. The van der Waals surface area contributed by atoms with Crippen molar-refractivity contribution < 1.29 is 29.0 Å².